The summed E-state index contributed by atoms with van der Waals surface area (Å²) in [6.45, 7) is 3.66. The number of hydrogen-bond donors (Lipinski definition) is 1. The zero-order chi connectivity index (χ0) is 9.61. The Balaban J connectivity index is 0. The van der Waals surface area contributed by atoms with Crippen molar-refractivity contribution in [1.29, 1.82) is 0 Å². The van der Waals surface area contributed by atoms with E-state index in [9.17, 15) is 9.59 Å². The van der Waals surface area contributed by atoms with Gasteiger partial charge in [-0.15, -0.1) is 0 Å². The van der Waals surface area contributed by atoms with E-state index in [2.05, 4.69) is 0 Å². The van der Waals surface area contributed by atoms with Gasteiger partial charge >= 0.3 is 24.4 Å². The molecular formula is C9H20NO2Sb. The summed E-state index contributed by atoms with van der Waals surface area (Å²) in [7, 11) is 0. The van der Waals surface area contributed by atoms with Crippen molar-refractivity contribution in [2.45, 2.75) is 39.5 Å². The van der Waals surface area contributed by atoms with Gasteiger partial charge in [-0.25, -0.2) is 0 Å². The second kappa shape index (κ2) is 7.37. The van der Waals surface area contributed by atoms with Crippen LogP contribution in [0.2, 0.25) is 0 Å². The number of amides is 1. The average Bonchev–Trinajstić information content (AvgIpc) is 1.98. The van der Waals surface area contributed by atoms with Crippen LogP contribution in [0.3, 0.4) is 0 Å². The molecule has 0 aromatic rings. The number of hydrogen-bond acceptors (Lipinski definition) is 2. The third kappa shape index (κ3) is 7.06. The van der Waals surface area contributed by atoms with Crippen LogP contribution in [0.25, 0.3) is 0 Å². The van der Waals surface area contributed by atoms with Crippen LogP contribution in [0.5, 0.6) is 0 Å². The topological polar surface area (TPSA) is 60.2 Å². The van der Waals surface area contributed by atoms with Gasteiger partial charge < -0.3 is 10.5 Å². The maximum absolute atomic E-state index is 10.8. The van der Waals surface area contributed by atoms with Crippen LogP contribution in [-0.2, 0) is 9.59 Å². The summed E-state index contributed by atoms with van der Waals surface area (Å²) in [4.78, 5) is 20.8. The number of aldehydes is 1. The molecule has 3 nitrogen and oxygen atoms in total. The Morgan fingerprint density at radius 1 is 1.38 bits per heavy atom. The summed E-state index contributed by atoms with van der Waals surface area (Å²) >= 11 is 0. The Kier molecular flexibility index (Phi) is 8.75. The van der Waals surface area contributed by atoms with Crippen LogP contribution in [-0.4, -0.2) is 36.6 Å². The van der Waals surface area contributed by atoms with Gasteiger partial charge in [0.05, 0.1) is 0 Å². The fourth-order valence-electron chi connectivity index (χ4n) is 0.918. The fraction of sp³-hybridized carbons (Fsp3) is 0.778. The molecule has 13 heavy (non-hydrogen) atoms. The van der Waals surface area contributed by atoms with E-state index < -0.39 is 5.41 Å². The van der Waals surface area contributed by atoms with Crippen molar-refractivity contribution < 1.29 is 9.59 Å². The first-order valence-corrected chi connectivity index (χ1v) is 4.24. The van der Waals surface area contributed by atoms with Gasteiger partial charge in [-0.2, -0.15) is 0 Å². The van der Waals surface area contributed by atoms with Crippen LogP contribution in [0.15, 0.2) is 0 Å². The quantitative estimate of drug-likeness (QED) is 0.428. The summed E-state index contributed by atoms with van der Waals surface area (Å²) in [5.74, 6) is -0.270. The summed E-state index contributed by atoms with van der Waals surface area (Å²) in [5, 5.41) is 0. The predicted molar refractivity (Wildman–Crippen MR) is 57.4 cm³/mol. The first-order chi connectivity index (χ1) is 5.50. The maximum atomic E-state index is 10.8. The fourth-order valence-corrected chi connectivity index (χ4v) is 0.918. The Morgan fingerprint density at radius 3 is 2.31 bits per heavy atom. The standard InChI is InChI=1S/C9H17NO2.Sb.3H/c1-9(2,8(10)12)6-4-3-5-7-11;;;;/h7H,3-6H2,1-2H3,(H2,10,12);;;;. The molecule has 1 amide bonds. The number of nitrogens with two attached hydrogens (primary N) is 1. The second-order valence-electron chi connectivity index (χ2n) is 3.66. The van der Waals surface area contributed by atoms with Crippen molar-refractivity contribution in [3.63, 3.8) is 0 Å². The molecule has 0 aliphatic rings. The van der Waals surface area contributed by atoms with Gasteiger partial charge in [0.1, 0.15) is 6.29 Å². The third-order valence-corrected chi connectivity index (χ3v) is 2.04. The van der Waals surface area contributed by atoms with E-state index in [0.29, 0.717) is 6.42 Å². The van der Waals surface area contributed by atoms with E-state index in [1.807, 2.05) is 13.8 Å². The first-order valence-electron chi connectivity index (χ1n) is 4.24. The summed E-state index contributed by atoms with van der Waals surface area (Å²) < 4.78 is 0. The number of carbonyl (C=O) groups is 2. The van der Waals surface area contributed by atoms with Crippen LogP contribution in [0, 0.1) is 5.41 Å². The molecule has 0 aromatic carbocycles. The molecule has 2 N–H and O–H groups in total. The molecule has 0 fully saturated rings. The molecule has 0 aliphatic carbocycles. The molecule has 0 unspecified atom stereocenters. The van der Waals surface area contributed by atoms with Crippen molar-refractivity contribution >= 4 is 36.6 Å². The number of unbranched alkanes of at least 4 members (excludes halogenated alkanes) is 2. The van der Waals surface area contributed by atoms with Crippen molar-refractivity contribution in [3.05, 3.63) is 0 Å². The molecule has 0 saturated heterocycles. The summed E-state index contributed by atoms with van der Waals surface area (Å²) in [6.07, 6.45) is 3.97. The molecule has 0 aliphatic heterocycles. The SMILES string of the molecule is CC(C)(CCCCC=O)C(N)=O.[SbH3]. The minimum absolute atomic E-state index is 0. The van der Waals surface area contributed by atoms with Gasteiger partial charge in [-0.3, -0.25) is 4.79 Å². The van der Waals surface area contributed by atoms with Crippen molar-refractivity contribution in [1.82, 2.24) is 0 Å². The molecule has 0 spiro atoms. The molecule has 0 rings (SSSR count). The van der Waals surface area contributed by atoms with E-state index in [1.165, 1.54) is 0 Å². The van der Waals surface area contributed by atoms with Crippen LogP contribution < -0.4 is 5.73 Å². The molecule has 0 bridgehead atoms. The second-order valence-corrected chi connectivity index (χ2v) is 3.66. The van der Waals surface area contributed by atoms with Crippen LogP contribution >= 0.6 is 0 Å². The van der Waals surface area contributed by atoms with Crippen LogP contribution in [0.1, 0.15) is 39.5 Å². The average molecular weight is 296 g/mol. The van der Waals surface area contributed by atoms with Gasteiger partial charge in [0.15, 0.2) is 0 Å². The van der Waals surface area contributed by atoms with E-state index in [4.69, 9.17) is 5.73 Å². The summed E-state index contributed by atoms with van der Waals surface area (Å²) in [5.41, 5.74) is 4.75. The minimum atomic E-state index is -0.428. The van der Waals surface area contributed by atoms with Crippen molar-refractivity contribution in [2.75, 3.05) is 0 Å². The van der Waals surface area contributed by atoms with E-state index in [1.54, 1.807) is 0 Å². The monoisotopic (exact) mass is 295 g/mol. The Bertz CT molecular complexity index is 169. The van der Waals surface area contributed by atoms with E-state index in [-0.39, 0.29) is 30.3 Å². The van der Waals surface area contributed by atoms with Gasteiger partial charge in [0, 0.05) is 11.8 Å². The van der Waals surface area contributed by atoms with Crippen molar-refractivity contribution in [3.8, 4) is 0 Å². The third-order valence-electron chi connectivity index (χ3n) is 2.04. The van der Waals surface area contributed by atoms with E-state index in [0.717, 1.165) is 25.5 Å². The molecule has 0 radical (unpaired) electrons. The number of rotatable bonds is 6. The van der Waals surface area contributed by atoms with Crippen molar-refractivity contribution in [2.24, 2.45) is 11.1 Å². The van der Waals surface area contributed by atoms with Gasteiger partial charge in [0.2, 0.25) is 5.91 Å². The van der Waals surface area contributed by atoms with Gasteiger partial charge in [0.25, 0.3) is 0 Å². The van der Waals surface area contributed by atoms with E-state index >= 15 is 0 Å². The summed E-state index contributed by atoms with van der Waals surface area (Å²) in [6, 6.07) is 0. The van der Waals surface area contributed by atoms with Gasteiger partial charge in [-0.05, 0) is 12.8 Å². The molecule has 4 heteroatoms. The first kappa shape index (κ1) is 15.4. The molecule has 0 heterocycles. The van der Waals surface area contributed by atoms with Gasteiger partial charge in [-0.1, -0.05) is 20.3 Å². The number of primary amides is 1. The Hall–Kier alpha value is -0.0418. The zero-order valence-corrected chi connectivity index (χ0v) is 12.5. The molecule has 0 saturated carbocycles. The molecule has 78 valence electrons. The Morgan fingerprint density at radius 2 is 1.92 bits per heavy atom. The molecular weight excluding hydrogens is 276 g/mol. The van der Waals surface area contributed by atoms with Crippen LogP contribution in [0.4, 0.5) is 0 Å². The zero-order valence-electron chi connectivity index (χ0n) is 8.51. The number of carbonyl (C=O) groups excluding carboxylic acids is 2. The predicted octanol–water partition coefficient (Wildman–Crippen LogP) is 0.0733. The molecule has 0 aromatic heterocycles. The Labute approximate surface area is 96.9 Å². The molecule has 0 atom stereocenters. The normalized spacial score (nSPS) is 10.3.